The minimum atomic E-state index is -2.51. The number of halogens is 2. The zero-order chi connectivity index (χ0) is 9.19. The van der Waals surface area contributed by atoms with Crippen molar-refractivity contribution in [3.8, 4) is 0 Å². The topological polar surface area (TPSA) is 26.0 Å². The first-order valence-electron chi connectivity index (χ1n) is 4.61. The highest BCUT2D eigenvalue weighted by Crippen LogP contribution is 2.37. The fourth-order valence-electron chi connectivity index (χ4n) is 2.15. The lowest BCUT2D eigenvalue weighted by Gasteiger charge is -2.21. The first-order chi connectivity index (χ1) is 5.53. The van der Waals surface area contributed by atoms with Crippen LogP contribution in [0.5, 0.6) is 0 Å². The Morgan fingerprint density at radius 1 is 1.33 bits per heavy atom. The van der Waals surface area contributed by atoms with E-state index in [0.29, 0.717) is 12.5 Å². The monoisotopic (exact) mass is 177 g/mol. The van der Waals surface area contributed by atoms with Gasteiger partial charge in [-0.15, -0.1) is 0 Å². The van der Waals surface area contributed by atoms with E-state index in [-0.39, 0.29) is 12.3 Å². The highest BCUT2D eigenvalue weighted by atomic mass is 19.3. The van der Waals surface area contributed by atoms with Crippen molar-refractivity contribution in [3.63, 3.8) is 0 Å². The van der Waals surface area contributed by atoms with E-state index in [2.05, 4.69) is 0 Å². The Kier molecular flexibility index (Phi) is 3.04. The van der Waals surface area contributed by atoms with Gasteiger partial charge in [0, 0.05) is 6.42 Å². The number of nitrogens with two attached hydrogens (primary N) is 1. The van der Waals surface area contributed by atoms with Crippen molar-refractivity contribution >= 4 is 0 Å². The third-order valence-corrected chi connectivity index (χ3v) is 2.74. The maximum atomic E-state index is 12.6. The average Bonchev–Trinajstić information content (AvgIpc) is 2.31. The fraction of sp³-hybridized carbons (Fsp3) is 1.00. The minimum Gasteiger partial charge on any atom is -0.330 e. The summed E-state index contributed by atoms with van der Waals surface area (Å²) in [6.45, 7) is 1.57. The first-order valence-corrected chi connectivity index (χ1v) is 4.61. The van der Waals surface area contributed by atoms with Crippen LogP contribution in [0.25, 0.3) is 0 Å². The second-order valence-electron chi connectivity index (χ2n) is 3.96. The number of hydrogen-bond donors (Lipinski definition) is 1. The lowest BCUT2D eigenvalue weighted by molar-refractivity contribution is -0.00834. The lowest BCUT2D eigenvalue weighted by atomic mass is 9.91. The Morgan fingerprint density at radius 2 is 1.92 bits per heavy atom. The minimum absolute atomic E-state index is 0.0227. The molecule has 1 fully saturated rings. The maximum absolute atomic E-state index is 12.6. The molecule has 1 rings (SSSR count). The molecular weight excluding hydrogens is 160 g/mol. The molecule has 0 aliphatic heterocycles. The van der Waals surface area contributed by atoms with Crippen LogP contribution < -0.4 is 5.73 Å². The van der Waals surface area contributed by atoms with Gasteiger partial charge in [-0.1, -0.05) is 6.42 Å². The van der Waals surface area contributed by atoms with Gasteiger partial charge in [-0.2, -0.15) is 0 Å². The Labute approximate surface area is 72.3 Å². The fourth-order valence-corrected chi connectivity index (χ4v) is 2.15. The highest BCUT2D eigenvalue weighted by Gasteiger charge is 2.33. The van der Waals surface area contributed by atoms with Gasteiger partial charge in [-0.3, -0.25) is 0 Å². The van der Waals surface area contributed by atoms with Crippen molar-refractivity contribution in [1.82, 2.24) is 0 Å². The van der Waals surface area contributed by atoms with Gasteiger partial charge < -0.3 is 5.73 Å². The molecule has 0 heterocycles. The van der Waals surface area contributed by atoms with Gasteiger partial charge >= 0.3 is 0 Å². The summed E-state index contributed by atoms with van der Waals surface area (Å²) in [4.78, 5) is 0. The lowest BCUT2D eigenvalue weighted by Crippen LogP contribution is -2.24. The predicted molar refractivity (Wildman–Crippen MR) is 45.1 cm³/mol. The summed E-state index contributed by atoms with van der Waals surface area (Å²) in [6.07, 6.45) is 3.07. The van der Waals surface area contributed by atoms with Crippen LogP contribution in [0.2, 0.25) is 0 Å². The summed E-state index contributed by atoms with van der Waals surface area (Å²) in [7, 11) is 0. The Hall–Kier alpha value is -0.180. The van der Waals surface area contributed by atoms with Crippen LogP contribution in [0.3, 0.4) is 0 Å². The van der Waals surface area contributed by atoms with Gasteiger partial charge in [0.25, 0.3) is 0 Å². The second-order valence-corrected chi connectivity index (χ2v) is 3.96. The molecule has 1 nitrogen and oxygen atoms in total. The van der Waals surface area contributed by atoms with Crippen LogP contribution in [0.4, 0.5) is 8.78 Å². The van der Waals surface area contributed by atoms with Crippen LogP contribution in [0.1, 0.15) is 32.6 Å². The Bertz CT molecular complexity index is 142. The molecule has 2 atom stereocenters. The molecule has 0 aromatic heterocycles. The summed E-state index contributed by atoms with van der Waals surface area (Å²) in [6, 6.07) is 0. The molecule has 0 aromatic rings. The van der Waals surface area contributed by atoms with Crippen molar-refractivity contribution in [1.29, 1.82) is 0 Å². The molecule has 0 saturated heterocycles. The third-order valence-electron chi connectivity index (χ3n) is 2.74. The average molecular weight is 177 g/mol. The number of alkyl halides is 2. The zero-order valence-corrected chi connectivity index (χ0v) is 7.52. The Morgan fingerprint density at radius 3 is 2.42 bits per heavy atom. The molecular formula is C9H17F2N. The van der Waals surface area contributed by atoms with E-state index in [1.54, 1.807) is 0 Å². The largest absolute Gasteiger partial charge is 0.330 e. The highest BCUT2D eigenvalue weighted by molar-refractivity contribution is 4.81. The molecule has 3 heteroatoms. The number of hydrogen-bond acceptors (Lipinski definition) is 1. The van der Waals surface area contributed by atoms with Crippen molar-refractivity contribution in [2.75, 3.05) is 6.54 Å². The molecule has 0 aromatic carbocycles. The SMILES string of the molecule is CC(F)(F)CC1CCCC1CN. The smallest absolute Gasteiger partial charge is 0.245 e. The molecule has 1 aliphatic carbocycles. The predicted octanol–water partition coefficient (Wildman–Crippen LogP) is 2.41. The van der Waals surface area contributed by atoms with Gasteiger partial charge in [0.15, 0.2) is 0 Å². The third kappa shape index (κ3) is 2.70. The summed E-state index contributed by atoms with van der Waals surface area (Å²) in [5.74, 6) is -2.01. The molecule has 0 bridgehead atoms. The van der Waals surface area contributed by atoms with Gasteiger partial charge in [0.1, 0.15) is 0 Å². The molecule has 0 spiro atoms. The normalized spacial score (nSPS) is 31.0. The van der Waals surface area contributed by atoms with E-state index in [9.17, 15) is 8.78 Å². The van der Waals surface area contributed by atoms with Crippen LogP contribution in [-0.4, -0.2) is 12.5 Å². The molecule has 0 amide bonds. The van der Waals surface area contributed by atoms with Gasteiger partial charge in [-0.05, 0) is 38.1 Å². The van der Waals surface area contributed by atoms with Crippen molar-refractivity contribution in [2.45, 2.75) is 38.5 Å². The maximum Gasteiger partial charge on any atom is 0.245 e. The van der Waals surface area contributed by atoms with Crippen molar-refractivity contribution < 1.29 is 8.78 Å². The number of rotatable bonds is 3. The molecule has 2 N–H and O–H groups in total. The summed E-state index contributed by atoms with van der Waals surface area (Å²) in [5.41, 5.74) is 5.50. The second kappa shape index (κ2) is 3.69. The van der Waals surface area contributed by atoms with E-state index < -0.39 is 5.92 Å². The van der Waals surface area contributed by atoms with E-state index in [4.69, 9.17) is 5.73 Å². The van der Waals surface area contributed by atoms with Crippen molar-refractivity contribution in [2.24, 2.45) is 17.6 Å². The summed E-state index contributed by atoms with van der Waals surface area (Å²) < 4.78 is 25.3. The first kappa shape index (κ1) is 9.90. The van der Waals surface area contributed by atoms with Gasteiger partial charge in [-0.25, -0.2) is 8.78 Å². The van der Waals surface area contributed by atoms with E-state index in [1.807, 2.05) is 0 Å². The van der Waals surface area contributed by atoms with E-state index in [0.717, 1.165) is 26.2 Å². The zero-order valence-electron chi connectivity index (χ0n) is 7.52. The van der Waals surface area contributed by atoms with Gasteiger partial charge in [0.05, 0.1) is 0 Å². The van der Waals surface area contributed by atoms with Crippen LogP contribution in [-0.2, 0) is 0 Å². The van der Waals surface area contributed by atoms with E-state index in [1.165, 1.54) is 0 Å². The standard InChI is InChI=1S/C9H17F2N/c1-9(10,11)5-7-3-2-4-8(7)6-12/h7-8H,2-6,12H2,1H3. The molecule has 1 aliphatic rings. The van der Waals surface area contributed by atoms with Crippen LogP contribution in [0.15, 0.2) is 0 Å². The summed E-state index contributed by atoms with van der Waals surface area (Å²) in [5, 5.41) is 0. The molecule has 72 valence electrons. The van der Waals surface area contributed by atoms with Crippen LogP contribution in [0, 0.1) is 11.8 Å². The van der Waals surface area contributed by atoms with Crippen molar-refractivity contribution in [3.05, 3.63) is 0 Å². The van der Waals surface area contributed by atoms with E-state index >= 15 is 0 Å². The van der Waals surface area contributed by atoms with Gasteiger partial charge in [0.2, 0.25) is 5.92 Å². The molecule has 1 saturated carbocycles. The molecule has 12 heavy (non-hydrogen) atoms. The Balaban J connectivity index is 2.41. The quantitative estimate of drug-likeness (QED) is 0.703. The van der Waals surface area contributed by atoms with Crippen LogP contribution >= 0.6 is 0 Å². The summed E-state index contributed by atoms with van der Waals surface area (Å²) >= 11 is 0. The molecule has 2 unspecified atom stereocenters. The molecule has 0 radical (unpaired) electrons.